The summed E-state index contributed by atoms with van der Waals surface area (Å²) in [6, 6.07) is 8.67. The number of fused-ring (bicyclic) bond motifs is 1. The van der Waals surface area contributed by atoms with Gasteiger partial charge in [-0.2, -0.15) is 0 Å². The second-order valence-corrected chi connectivity index (χ2v) is 6.51. The fourth-order valence-electron chi connectivity index (χ4n) is 2.23. The molecule has 1 aromatic heterocycles. The van der Waals surface area contributed by atoms with Gasteiger partial charge in [0.15, 0.2) is 6.10 Å². The van der Waals surface area contributed by atoms with Gasteiger partial charge < -0.3 is 10.1 Å². The van der Waals surface area contributed by atoms with E-state index in [9.17, 15) is 22.8 Å². The van der Waals surface area contributed by atoms with Gasteiger partial charge in [0.1, 0.15) is 28.0 Å². The van der Waals surface area contributed by atoms with Crippen LogP contribution in [-0.4, -0.2) is 18.0 Å². The predicted molar refractivity (Wildman–Crippen MR) is 91.6 cm³/mol. The average Bonchev–Trinajstić information content (AvgIpc) is 3.01. The van der Waals surface area contributed by atoms with E-state index in [4.69, 9.17) is 4.74 Å². The zero-order chi connectivity index (χ0) is 18.8. The van der Waals surface area contributed by atoms with Gasteiger partial charge in [-0.05, 0) is 48.7 Å². The second-order valence-electron chi connectivity index (χ2n) is 5.43. The maximum Gasteiger partial charge on any atom is 0.349 e. The molecule has 0 aliphatic heterocycles. The molecule has 0 spiro atoms. The Morgan fingerprint density at radius 3 is 2.46 bits per heavy atom. The molecular formula is C18H12F3NO3S. The third kappa shape index (κ3) is 3.70. The Hall–Kier alpha value is -2.87. The molecule has 0 fully saturated rings. The smallest absolute Gasteiger partial charge is 0.349 e. The molecule has 134 valence electrons. The molecular weight excluding hydrogens is 367 g/mol. The van der Waals surface area contributed by atoms with Crippen LogP contribution in [0.4, 0.5) is 18.9 Å². The molecule has 4 nitrogen and oxygen atoms in total. The van der Waals surface area contributed by atoms with Crippen LogP contribution in [0, 0.1) is 17.5 Å². The minimum Gasteiger partial charge on any atom is -0.448 e. The highest BCUT2D eigenvalue weighted by atomic mass is 32.1. The van der Waals surface area contributed by atoms with Crippen molar-refractivity contribution in [3.63, 3.8) is 0 Å². The Kier molecular flexibility index (Phi) is 4.94. The Labute approximate surface area is 150 Å². The number of para-hydroxylation sites is 1. The Balaban J connectivity index is 1.70. The van der Waals surface area contributed by atoms with E-state index in [1.165, 1.54) is 31.2 Å². The standard InChI is InChI=1S/C18H12F3NO3S/c1-9(17(23)22-16-12(20)3-2-4-13(16)21)25-18(24)15-8-10-7-11(19)5-6-14(10)26-15/h2-9H,1H3,(H,22,23)/t9-/m1/s1. The van der Waals surface area contributed by atoms with Gasteiger partial charge in [0, 0.05) is 4.70 Å². The quantitative estimate of drug-likeness (QED) is 0.679. The zero-order valence-electron chi connectivity index (χ0n) is 13.4. The third-order valence-electron chi connectivity index (χ3n) is 3.54. The van der Waals surface area contributed by atoms with Crippen LogP contribution < -0.4 is 5.32 Å². The average molecular weight is 379 g/mol. The van der Waals surface area contributed by atoms with Gasteiger partial charge in [0.2, 0.25) is 0 Å². The number of ether oxygens (including phenoxy) is 1. The molecule has 1 heterocycles. The van der Waals surface area contributed by atoms with E-state index in [-0.39, 0.29) is 4.88 Å². The Morgan fingerprint density at radius 2 is 1.77 bits per heavy atom. The molecule has 0 saturated carbocycles. The molecule has 0 unspecified atom stereocenters. The summed E-state index contributed by atoms with van der Waals surface area (Å²) in [6.07, 6.45) is -1.29. The highest BCUT2D eigenvalue weighted by Gasteiger charge is 2.22. The fourth-order valence-corrected chi connectivity index (χ4v) is 3.16. The molecule has 0 saturated heterocycles. The first-order chi connectivity index (χ1) is 12.3. The molecule has 0 aliphatic rings. The summed E-state index contributed by atoms with van der Waals surface area (Å²) >= 11 is 1.08. The van der Waals surface area contributed by atoms with E-state index in [1.807, 2.05) is 0 Å². The molecule has 1 amide bonds. The molecule has 3 rings (SSSR count). The summed E-state index contributed by atoms with van der Waals surface area (Å²) in [5.74, 6) is -3.99. The first kappa shape index (κ1) is 17.9. The summed E-state index contributed by atoms with van der Waals surface area (Å²) in [4.78, 5) is 24.4. The number of rotatable bonds is 4. The van der Waals surface area contributed by atoms with Crippen LogP contribution in [0.3, 0.4) is 0 Å². The van der Waals surface area contributed by atoms with Crippen molar-refractivity contribution in [2.75, 3.05) is 5.32 Å². The number of carbonyl (C=O) groups is 2. The second kappa shape index (κ2) is 7.17. The zero-order valence-corrected chi connectivity index (χ0v) is 14.2. The van der Waals surface area contributed by atoms with Crippen molar-refractivity contribution in [2.45, 2.75) is 13.0 Å². The molecule has 3 aromatic rings. The van der Waals surface area contributed by atoms with Crippen molar-refractivity contribution in [2.24, 2.45) is 0 Å². The van der Waals surface area contributed by atoms with Gasteiger partial charge in [-0.15, -0.1) is 11.3 Å². The molecule has 0 bridgehead atoms. The predicted octanol–water partition coefficient (Wildman–Crippen LogP) is 4.50. The minimum absolute atomic E-state index is 0.183. The van der Waals surface area contributed by atoms with E-state index >= 15 is 0 Å². The number of thiophene rings is 1. The van der Waals surface area contributed by atoms with Crippen LogP contribution in [0.15, 0.2) is 42.5 Å². The first-order valence-electron chi connectivity index (χ1n) is 7.50. The van der Waals surface area contributed by atoms with Crippen LogP contribution in [-0.2, 0) is 9.53 Å². The van der Waals surface area contributed by atoms with Crippen molar-refractivity contribution < 1.29 is 27.5 Å². The number of anilines is 1. The molecule has 0 aliphatic carbocycles. The maximum atomic E-state index is 13.6. The number of benzene rings is 2. The van der Waals surface area contributed by atoms with E-state index in [0.717, 1.165) is 29.5 Å². The SMILES string of the molecule is C[C@@H](OC(=O)c1cc2cc(F)ccc2s1)C(=O)Nc1c(F)cccc1F. The van der Waals surface area contributed by atoms with Gasteiger partial charge in [0.05, 0.1) is 0 Å². The fraction of sp³-hybridized carbons (Fsp3) is 0.111. The number of carbonyl (C=O) groups excluding carboxylic acids is 2. The Morgan fingerprint density at radius 1 is 1.08 bits per heavy atom. The van der Waals surface area contributed by atoms with Crippen molar-refractivity contribution in [1.82, 2.24) is 0 Å². The molecule has 0 radical (unpaired) electrons. The number of nitrogens with one attached hydrogen (secondary N) is 1. The van der Waals surface area contributed by atoms with Crippen LogP contribution in [0.25, 0.3) is 10.1 Å². The maximum absolute atomic E-state index is 13.6. The van der Waals surface area contributed by atoms with Crippen molar-refractivity contribution in [1.29, 1.82) is 0 Å². The summed E-state index contributed by atoms with van der Waals surface area (Å²) < 4.78 is 46.0. The minimum atomic E-state index is -1.29. The lowest BCUT2D eigenvalue weighted by atomic mass is 10.2. The number of hydrogen-bond acceptors (Lipinski definition) is 4. The Bertz CT molecular complexity index is 982. The number of amides is 1. The summed E-state index contributed by atoms with van der Waals surface area (Å²) in [6.45, 7) is 1.28. The van der Waals surface area contributed by atoms with Gasteiger partial charge in [-0.3, -0.25) is 4.79 Å². The normalized spacial score (nSPS) is 12.0. The highest BCUT2D eigenvalue weighted by molar-refractivity contribution is 7.20. The highest BCUT2D eigenvalue weighted by Crippen LogP contribution is 2.27. The lowest BCUT2D eigenvalue weighted by Crippen LogP contribution is -2.30. The molecule has 8 heteroatoms. The van der Waals surface area contributed by atoms with E-state index < -0.39 is 41.1 Å². The molecule has 2 aromatic carbocycles. The topological polar surface area (TPSA) is 55.4 Å². The van der Waals surface area contributed by atoms with Crippen molar-refractivity contribution >= 4 is 39.0 Å². The largest absolute Gasteiger partial charge is 0.448 e. The molecule has 1 N–H and O–H groups in total. The van der Waals surface area contributed by atoms with Crippen molar-refractivity contribution in [3.05, 3.63) is 64.8 Å². The summed E-state index contributed by atoms with van der Waals surface area (Å²) in [5.41, 5.74) is -0.613. The first-order valence-corrected chi connectivity index (χ1v) is 8.32. The monoisotopic (exact) mass is 379 g/mol. The van der Waals surface area contributed by atoms with Crippen LogP contribution in [0.1, 0.15) is 16.6 Å². The number of hydrogen-bond donors (Lipinski definition) is 1. The van der Waals surface area contributed by atoms with Crippen LogP contribution in [0.2, 0.25) is 0 Å². The lowest BCUT2D eigenvalue weighted by molar-refractivity contribution is -0.123. The number of halogens is 3. The van der Waals surface area contributed by atoms with Crippen LogP contribution in [0.5, 0.6) is 0 Å². The van der Waals surface area contributed by atoms with Gasteiger partial charge in [-0.25, -0.2) is 18.0 Å². The molecule has 1 atom stereocenters. The third-order valence-corrected chi connectivity index (χ3v) is 4.64. The van der Waals surface area contributed by atoms with E-state index in [1.54, 1.807) is 0 Å². The van der Waals surface area contributed by atoms with E-state index in [2.05, 4.69) is 5.32 Å². The lowest BCUT2D eigenvalue weighted by Gasteiger charge is -2.13. The summed E-state index contributed by atoms with van der Waals surface area (Å²) in [7, 11) is 0. The van der Waals surface area contributed by atoms with E-state index in [0.29, 0.717) is 10.1 Å². The number of esters is 1. The van der Waals surface area contributed by atoms with Gasteiger partial charge >= 0.3 is 5.97 Å². The summed E-state index contributed by atoms with van der Waals surface area (Å²) in [5, 5.41) is 2.59. The van der Waals surface area contributed by atoms with Gasteiger partial charge in [-0.1, -0.05) is 6.07 Å². The van der Waals surface area contributed by atoms with Gasteiger partial charge in [0.25, 0.3) is 5.91 Å². The molecule has 26 heavy (non-hydrogen) atoms. The van der Waals surface area contributed by atoms with Crippen molar-refractivity contribution in [3.8, 4) is 0 Å². The van der Waals surface area contributed by atoms with Crippen LogP contribution >= 0.6 is 11.3 Å².